The molecule has 2 rings (SSSR count). The Bertz CT molecular complexity index is 616. The van der Waals surface area contributed by atoms with Crippen molar-refractivity contribution in [3.63, 3.8) is 0 Å². The molecule has 1 aromatic rings. The normalized spacial score (nSPS) is 19.8. The van der Waals surface area contributed by atoms with Gasteiger partial charge in [-0.2, -0.15) is 0 Å². The molecule has 7 heteroatoms. The van der Waals surface area contributed by atoms with E-state index in [1.165, 1.54) is 6.20 Å². The zero-order valence-electron chi connectivity index (χ0n) is 12.8. The van der Waals surface area contributed by atoms with Gasteiger partial charge in [-0.3, -0.25) is 9.78 Å². The number of carbonyl (C=O) groups excluding carboxylic acids is 1. The van der Waals surface area contributed by atoms with Gasteiger partial charge in [-0.1, -0.05) is 19.8 Å². The first kappa shape index (κ1) is 16.7. The van der Waals surface area contributed by atoms with Gasteiger partial charge in [0.15, 0.2) is 9.84 Å². The van der Waals surface area contributed by atoms with Crippen molar-refractivity contribution in [3.8, 4) is 0 Å². The molecule has 0 radical (unpaired) electrons. The van der Waals surface area contributed by atoms with E-state index in [0.717, 1.165) is 31.5 Å². The molecular formula is C15H23N3O3S. The van der Waals surface area contributed by atoms with Crippen LogP contribution in [0, 0.1) is 0 Å². The molecular weight excluding hydrogens is 302 g/mol. The van der Waals surface area contributed by atoms with Gasteiger partial charge < -0.3 is 10.6 Å². The number of hydrogen-bond acceptors (Lipinski definition) is 5. The van der Waals surface area contributed by atoms with Crippen LogP contribution in [-0.2, 0) is 9.84 Å². The van der Waals surface area contributed by atoms with Crippen molar-refractivity contribution in [1.82, 2.24) is 10.3 Å². The highest BCUT2D eigenvalue weighted by Gasteiger charge is 2.29. The van der Waals surface area contributed by atoms with Crippen LogP contribution in [0.25, 0.3) is 0 Å². The Kier molecular flexibility index (Phi) is 5.76. The van der Waals surface area contributed by atoms with Crippen LogP contribution in [-0.4, -0.2) is 43.4 Å². The van der Waals surface area contributed by atoms with Crippen molar-refractivity contribution in [2.24, 2.45) is 0 Å². The molecule has 1 aliphatic rings. The molecule has 1 amide bonds. The second-order valence-corrected chi connectivity index (χ2v) is 7.90. The van der Waals surface area contributed by atoms with E-state index in [1.807, 2.05) is 0 Å². The topological polar surface area (TPSA) is 88.2 Å². The monoisotopic (exact) mass is 325 g/mol. The fourth-order valence-corrected chi connectivity index (χ4v) is 4.12. The lowest BCUT2D eigenvalue weighted by Gasteiger charge is -2.12. The van der Waals surface area contributed by atoms with E-state index >= 15 is 0 Å². The number of nitrogens with zero attached hydrogens (tertiary/aromatic N) is 1. The van der Waals surface area contributed by atoms with Gasteiger partial charge in [-0.25, -0.2) is 8.42 Å². The van der Waals surface area contributed by atoms with Gasteiger partial charge in [0, 0.05) is 25.0 Å². The largest absolute Gasteiger partial charge is 0.384 e. The van der Waals surface area contributed by atoms with E-state index < -0.39 is 9.84 Å². The summed E-state index contributed by atoms with van der Waals surface area (Å²) in [7, 11) is -2.99. The summed E-state index contributed by atoms with van der Waals surface area (Å²) in [4.78, 5) is 16.2. The van der Waals surface area contributed by atoms with Crippen molar-refractivity contribution in [2.45, 2.75) is 38.6 Å². The van der Waals surface area contributed by atoms with Crippen LogP contribution in [0.1, 0.15) is 43.0 Å². The van der Waals surface area contributed by atoms with E-state index in [2.05, 4.69) is 22.5 Å². The summed E-state index contributed by atoms with van der Waals surface area (Å²) in [6, 6.07) is 1.45. The average molecular weight is 325 g/mol. The molecule has 1 saturated heterocycles. The molecule has 6 nitrogen and oxygen atoms in total. The van der Waals surface area contributed by atoms with Crippen molar-refractivity contribution in [2.75, 3.05) is 23.4 Å². The Hall–Kier alpha value is -1.63. The minimum absolute atomic E-state index is 0.0289. The summed E-state index contributed by atoms with van der Waals surface area (Å²) in [5, 5.41) is 6.01. The summed E-state index contributed by atoms with van der Waals surface area (Å²) in [6.45, 7) is 3.00. The Labute approximate surface area is 131 Å². The second-order valence-electron chi connectivity index (χ2n) is 5.67. The zero-order chi connectivity index (χ0) is 16.0. The molecule has 0 aromatic carbocycles. The minimum atomic E-state index is -2.99. The highest BCUT2D eigenvalue weighted by Crippen LogP contribution is 2.13. The Morgan fingerprint density at radius 1 is 1.36 bits per heavy atom. The molecule has 0 saturated carbocycles. The maximum absolute atomic E-state index is 12.2. The van der Waals surface area contributed by atoms with Crippen LogP contribution in [0.15, 0.2) is 18.5 Å². The minimum Gasteiger partial charge on any atom is -0.384 e. The highest BCUT2D eigenvalue weighted by molar-refractivity contribution is 7.91. The van der Waals surface area contributed by atoms with Crippen LogP contribution in [0.5, 0.6) is 0 Å². The number of anilines is 1. The predicted octanol–water partition coefficient (Wildman–Crippen LogP) is 1.60. The van der Waals surface area contributed by atoms with Crippen LogP contribution >= 0.6 is 0 Å². The van der Waals surface area contributed by atoms with Crippen molar-refractivity contribution < 1.29 is 13.2 Å². The maximum Gasteiger partial charge on any atom is 0.253 e. The molecule has 1 aromatic heterocycles. The van der Waals surface area contributed by atoms with Crippen LogP contribution < -0.4 is 10.6 Å². The summed E-state index contributed by atoms with van der Waals surface area (Å²) < 4.78 is 22.8. The summed E-state index contributed by atoms with van der Waals surface area (Å²) in [6.07, 6.45) is 7.06. The van der Waals surface area contributed by atoms with Crippen LogP contribution in [0.3, 0.4) is 0 Å². The molecule has 22 heavy (non-hydrogen) atoms. The van der Waals surface area contributed by atoms with Crippen molar-refractivity contribution in [3.05, 3.63) is 24.0 Å². The van der Waals surface area contributed by atoms with E-state index in [1.54, 1.807) is 12.3 Å². The standard InChI is InChI=1S/C15H23N3O3S/c1-2-3-4-6-17-14-8-12(9-16-10-14)15(19)18-13-5-7-22(20,21)11-13/h8-10,13,17H,2-7,11H2,1H3,(H,18,19). The van der Waals surface area contributed by atoms with E-state index in [4.69, 9.17) is 0 Å². The predicted molar refractivity (Wildman–Crippen MR) is 86.8 cm³/mol. The van der Waals surface area contributed by atoms with Gasteiger partial charge in [0.2, 0.25) is 0 Å². The average Bonchev–Trinajstić information content (AvgIpc) is 2.83. The number of pyridine rings is 1. The highest BCUT2D eigenvalue weighted by atomic mass is 32.2. The first-order valence-corrected chi connectivity index (χ1v) is 9.52. The molecule has 2 heterocycles. The molecule has 0 bridgehead atoms. The number of nitrogens with one attached hydrogen (secondary N) is 2. The zero-order valence-corrected chi connectivity index (χ0v) is 13.7. The number of aromatic nitrogens is 1. The van der Waals surface area contributed by atoms with Gasteiger partial charge >= 0.3 is 0 Å². The fraction of sp³-hybridized carbons (Fsp3) is 0.600. The number of carbonyl (C=O) groups is 1. The maximum atomic E-state index is 12.2. The summed E-state index contributed by atoms with van der Waals surface area (Å²) >= 11 is 0. The lowest BCUT2D eigenvalue weighted by atomic mass is 10.2. The Balaban J connectivity index is 1.90. The lowest BCUT2D eigenvalue weighted by molar-refractivity contribution is 0.0941. The van der Waals surface area contributed by atoms with Crippen molar-refractivity contribution >= 4 is 21.4 Å². The first-order valence-electron chi connectivity index (χ1n) is 7.70. The fourth-order valence-electron chi connectivity index (χ4n) is 2.45. The van der Waals surface area contributed by atoms with E-state index in [-0.39, 0.29) is 23.5 Å². The molecule has 1 unspecified atom stereocenters. The first-order chi connectivity index (χ1) is 10.5. The molecule has 0 aliphatic carbocycles. The van der Waals surface area contributed by atoms with E-state index in [0.29, 0.717) is 12.0 Å². The van der Waals surface area contributed by atoms with Crippen LogP contribution in [0.4, 0.5) is 5.69 Å². The number of amides is 1. The molecule has 1 fully saturated rings. The van der Waals surface area contributed by atoms with Gasteiger partial charge in [0.1, 0.15) is 0 Å². The third-order valence-corrected chi connectivity index (χ3v) is 5.45. The summed E-state index contributed by atoms with van der Waals surface area (Å²) in [5.41, 5.74) is 1.26. The Morgan fingerprint density at radius 3 is 2.86 bits per heavy atom. The number of sulfone groups is 1. The molecule has 0 spiro atoms. The van der Waals surface area contributed by atoms with Gasteiger partial charge in [-0.05, 0) is 18.9 Å². The van der Waals surface area contributed by atoms with Gasteiger partial charge in [0.25, 0.3) is 5.91 Å². The number of rotatable bonds is 7. The van der Waals surface area contributed by atoms with Crippen LogP contribution in [0.2, 0.25) is 0 Å². The second kappa shape index (κ2) is 7.58. The molecule has 1 atom stereocenters. The smallest absolute Gasteiger partial charge is 0.253 e. The third kappa shape index (κ3) is 4.98. The SMILES string of the molecule is CCCCCNc1cncc(C(=O)NC2CCS(=O)(=O)C2)c1. The lowest BCUT2D eigenvalue weighted by Crippen LogP contribution is -2.35. The third-order valence-electron chi connectivity index (χ3n) is 3.68. The molecule has 2 N–H and O–H groups in total. The van der Waals surface area contributed by atoms with Gasteiger partial charge in [0.05, 0.1) is 22.8 Å². The number of unbranched alkanes of at least 4 members (excludes halogenated alkanes) is 2. The van der Waals surface area contributed by atoms with Gasteiger partial charge in [-0.15, -0.1) is 0 Å². The van der Waals surface area contributed by atoms with Crippen molar-refractivity contribution in [1.29, 1.82) is 0 Å². The quantitative estimate of drug-likeness (QED) is 0.744. The molecule has 1 aliphatic heterocycles. The van der Waals surface area contributed by atoms with E-state index in [9.17, 15) is 13.2 Å². The Morgan fingerprint density at radius 2 is 2.18 bits per heavy atom. The number of hydrogen-bond donors (Lipinski definition) is 2. The summed E-state index contributed by atoms with van der Waals surface area (Å²) in [5.74, 6) is -0.0945. The molecule has 122 valence electrons.